The van der Waals surface area contributed by atoms with Crippen molar-refractivity contribution in [1.82, 2.24) is 9.29 Å². The minimum atomic E-state index is -3.97. The van der Waals surface area contributed by atoms with E-state index in [1.807, 2.05) is 23.9 Å². The number of aryl methyl sites for hydroxylation is 1. The Morgan fingerprint density at radius 3 is 2.83 bits per heavy atom. The van der Waals surface area contributed by atoms with Gasteiger partial charge in [-0.25, -0.2) is 8.42 Å². The first-order valence-electron chi connectivity index (χ1n) is 7.24. The van der Waals surface area contributed by atoms with Gasteiger partial charge in [0.15, 0.2) is 5.54 Å². The van der Waals surface area contributed by atoms with Gasteiger partial charge >= 0.3 is 5.97 Å². The number of fused-ring (bicyclic) bond motifs is 1. The number of hydrogen-bond donors (Lipinski definition) is 2. The van der Waals surface area contributed by atoms with E-state index in [1.165, 1.54) is 12.1 Å². The van der Waals surface area contributed by atoms with Gasteiger partial charge in [0, 0.05) is 30.8 Å². The van der Waals surface area contributed by atoms with Crippen molar-refractivity contribution in [2.45, 2.75) is 23.3 Å². The van der Waals surface area contributed by atoms with Crippen LogP contribution in [0.4, 0.5) is 0 Å². The molecule has 0 saturated carbocycles. The number of carbonyl (C=O) groups is 1. The summed E-state index contributed by atoms with van der Waals surface area (Å²) >= 11 is 0. The van der Waals surface area contributed by atoms with Crippen LogP contribution in [0, 0.1) is 0 Å². The fourth-order valence-electron chi connectivity index (χ4n) is 2.83. The second-order valence-corrected chi connectivity index (χ2v) is 7.48. The molecule has 124 valence electrons. The molecule has 1 aromatic carbocycles. The van der Waals surface area contributed by atoms with E-state index < -0.39 is 21.5 Å². The number of carboxylic acid groups (broad SMARTS) is 1. The summed E-state index contributed by atoms with van der Waals surface area (Å²) in [6, 6.07) is 6.53. The molecule has 1 atom stereocenters. The Hall–Kier alpha value is -1.90. The molecule has 1 saturated heterocycles. The van der Waals surface area contributed by atoms with E-state index in [-0.39, 0.29) is 17.9 Å². The van der Waals surface area contributed by atoms with Crippen molar-refractivity contribution in [3.05, 3.63) is 30.5 Å². The molecule has 23 heavy (non-hydrogen) atoms. The highest BCUT2D eigenvalue weighted by Gasteiger charge is 2.44. The number of hydrogen-bond acceptors (Lipinski definition) is 4. The summed E-state index contributed by atoms with van der Waals surface area (Å²) in [7, 11) is -2.10. The second-order valence-electron chi connectivity index (χ2n) is 5.80. The van der Waals surface area contributed by atoms with E-state index in [2.05, 4.69) is 4.72 Å². The van der Waals surface area contributed by atoms with Crippen LogP contribution >= 0.6 is 0 Å². The quantitative estimate of drug-likeness (QED) is 0.870. The summed E-state index contributed by atoms with van der Waals surface area (Å²) in [5, 5.41) is 10.2. The third kappa shape index (κ3) is 2.85. The van der Waals surface area contributed by atoms with E-state index in [1.54, 1.807) is 6.07 Å². The van der Waals surface area contributed by atoms with Gasteiger partial charge < -0.3 is 14.4 Å². The molecule has 0 aliphatic carbocycles. The fourth-order valence-corrected chi connectivity index (χ4v) is 4.24. The minimum absolute atomic E-state index is 0.0439. The highest BCUT2D eigenvalue weighted by atomic mass is 32.2. The van der Waals surface area contributed by atoms with E-state index in [0.29, 0.717) is 13.0 Å². The van der Waals surface area contributed by atoms with Crippen molar-refractivity contribution in [2.24, 2.45) is 7.05 Å². The highest BCUT2D eigenvalue weighted by molar-refractivity contribution is 7.89. The zero-order valence-corrected chi connectivity index (χ0v) is 13.5. The van der Waals surface area contributed by atoms with Crippen LogP contribution in [0.1, 0.15) is 12.8 Å². The molecule has 0 spiro atoms. The lowest BCUT2D eigenvalue weighted by atomic mass is 9.94. The summed E-state index contributed by atoms with van der Waals surface area (Å²) in [5.41, 5.74) is -0.708. The van der Waals surface area contributed by atoms with Crippen molar-refractivity contribution in [3.8, 4) is 0 Å². The van der Waals surface area contributed by atoms with Crippen molar-refractivity contribution in [1.29, 1.82) is 0 Å². The first-order valence-corrected chi connectivity index (χ1v) is 8.73. The van der Waals surface area contributed by atoms with Gasteiger partial charge in [0.25, 0.3) is 0 Å². The first-order chi connectivity index (χ1) is 10.8. The standard InChI is InChI=1S/C15H18N2O5S/c1-17-7-5-11-9-12(3-4-13(11)17)23(20,21)16-15(14(18)19)6-2-8-22-10-15/h3-5,7,9,16H,2,6,8,10H2,1H3,(H,18,19). The number of benzene rings is 1. The van der Waals surface area contributed by atoms with Gasteiger partial charge in [-0.2, -0.15) is 4.72 Å². The molecule has 7 nitrogen and oxygen atoms in total. The Bertz CT molecular complexity index is 850. The molecule has 8 heteroatoms. The molecule has 0 bridgehead atoms. The van der Waals surface area contributed by atoms with Crippen LogP contribution in [0.15, 0.2) is 35.4 Å². The summed E-state index contributed by atoms with van der Waals surface area (Å²) in [5.74, 6) is -1.22. The smallest absolute Gasteiger partial charge is 0.327 e. The monoisotopic (exact) mass is 338 g/mol. The van der Waals surface area contributed by atoms with Crippen molar-refractivity contribution in [2.75, 3.05) is 13.2 Å². The number of nitrogens with zero attached hydrogens (tertiary/aromatic N) is 1. The number of carboxylic acids is 1. The lowest BCUT2D eigenvalue weighted by Crippen LogP contribution is -2.59. The van der Waals surface area contributed by atoms with Crippen LogP contribution in [0.2, 0.25) is 0 Å². The number of nitrogens with one attached hydrogen (secondary N) is 1. The van der Waals surface area contributed by atoms with Crippen LogP contribution in [-0.2, 0) is 26.6 Å². The molecule has 1 aromatic heterocycles. The topological polar surface area (TPSA) is 97.6 Å². The average Bonchev–Trinajstić information content (AvgIpc) is 2.88. The maximum atomic E-state index is 12.6. The van der Waals surface area contributed by atoms with Gasteiger partial charge in [0.05, 0.1) is 11.5 Å². The Morgan fingerprint density at radius 1 is 1.39 bits per heavy atom. The predicted molar refractivity (Wildman–Crippen MR) is 83.7 cm³/mol. The normalized spacial score (nSPS) is 22.3. The lowest BCUT2D eigenvalue weighted by Gasteiger charge is -2.33. The zero-order chi connectivity index (χ0) is 16.7. The fraction of sp³-hybridized carbons (Fsp3) is 0.400. The van der Waals surface area contributed by atoms with Gasteiger partial charge in [-0.1, -0.05) is 0 Å². The molecule has 1 fully saturated rings. The van der Waals surface area contributed by atoms with E-state index >= 15 is 0 Å². The summed E-state index contributed by atoms with van der Waals surface area (Å²) in [6.07, 6.45) is 2.53. The Balaban J connectivity index is 1.97. The van der Waals surface area contributed by atoms with E-state index in [4.69, 9.17) is 4.74 Å². The Kier molecular flexibility index (Phi) is 3.91. The summed E-state index contributed by atoms with van der Waals surface area (Å²) in [4.78, 5) is 11.6. The summed E-state index contributed by atoms with van der Waals surface area (Å²) < 4.78 is 34.7. The molecule has 2 aromatic rings. The van der Waals surface area contributed by atoms with Crippen LogP contribution in [-0.4, -0.2) is 42.8 Å². The van der Waals surface area contributed by atoms with Gasteiger partial charge in [-0.15, -0.1) is 0 Å². The van der Waals surface area contributed by atoms with Crippen LogP contribution in [0.3, 0.4) is 0 Å². The largest absolute Gasteiger partial charge is 0.480 e. The molecule has 0 amide bonds. The molecular formula is C15H18N2O5S. The molecule has 2 heterocycles. The number of sulfonamides is 1. The molecule has 0 radical (unpaired) electrons. The third-order valence-corrected chi connectivity index (χ3v) is 5.68. The van der Waals surface area contributed by atoms with Crippen molar-refractivity contribution < 1.29 is 23.1 Å². The van der Waals surface area contributed by atoms with Crippen LogP contribution < -0.4 is 4.72 Å². The highest BCUT2D eigenvalue weighted by Crippen LogP contribution is 2.25. The van der Waals surface area contributed by atoms with Gasteiger partial charge in [-0.3, -0.25) is 4.79 Å². The van der Waals surface area contributed by atoms with Crippen molar-refractivity contribution in [3.63, 3.8) is 0 Å². The van der Waals surface area contributed by atoms with Crippen molar-refractivity contribution >= 4 is 26.9 Å². The van der Waals surface area contributed by atoms with E-state index in [0.717, 1.165) is 10.9 Å². The first kappa shape index (κ1) is 16.0. The van der Waals surface area contributed by atoms with Gasteiger partial charge in [0.1, 0.15) is 0 Å². The lowest BCUT2D eigenvalue weighted by molar-refractivity contribution is -0.149. The minimum Gasteiger partial charge on any atom is -0.480 e. The molecular weight excluding hydrogens is 320 g/mol. The zero-order valence-electron chi connectivity index (χ0n) is 12.7. The molecule has 3 rings (SSSR count). The maximum absolute atomic E-state index is 12.6. The number of rotatable bonds is 4. The second kappa shape index (κ2) is 5.63. The average molecular weight is 338 g/mol. The SMILES string of the molecule is Cn1ccc2cc(S(=O)(=O)NC3(C(=O)O)CCCOC3)ccc21. The van der Waals surface area contributed by atoms with Crippen LogP contribution in [0.25, 0.3) is 10.9 Å². The third-order valence-electron chi connectivity index (χ3n) is 4.15. The Labute approximate surface area is 133 Å². The molecule has 1 aliphatic heterocycles. The van der Waals surface area contributed by atoms with E-state index in [9.17, 15) is 18.3 Å². The number of aromatic nitrogens is 1. The summed E-state index contributed by atoms with van der Waals surface area (Å²) in [6.45, 7) is 0.266. The maximum Gasteiger partial charge on any atom is 0.327 e. The van der Waals surface area contributed by atoms with Crippen LogP contribution in [0.5, 0.6) is 0 Å². The van der Waals surface area contributed by atoms with Gasteiger partial charge in [0.2, 0.25) is 10.0 Å². The molecule has 1 unspecified atom stereocenters. The predicted octanol–water partition coefficient (Wildman–Crippen LogP) is 1.09. The number of ether oxygens (including phenoxy) is 1. The Morgan fingerprint density at radius 2 is 2.17 bits per heavy atom. The van der Waals surface area contributed by atoms with Gasteiger partial charge in [-0.05, 0) is 37.1 Å². The molecule has 2 N–H and O–H groups in total. The number of aliphatic carboxylic acids is 1. The molecule has 1 aliphatic rings.